The number of fused-ring (bicyclic) bond motifs is 6. The number of para-hydroxylation sites is 3. The average Bonchev–Trinajstić information content (AvgIpc) is 3.61. The molecule has 0 amide bonds. The van der Waals surface area contributed by atoms with Gasteiger partial charge >= 0.3 is 0 Å². The van der Waals surface area contributed by atoms with E-state index < -0.39 is 0 Å². The zero-order valence-corrected chi connectivity index (χ0v) is 26.0. The molecule has 2 heterocycles. The van der Waals surface area contributed by atoms with Crippen LogP contribution in [0.4, 0.5) is 11.4 Å². The van der Waals surface area contributed by atoms with E-state index >= 15 is 0 Å². The minimum Gasteiger partial charge on any atom is -0.333 e. The van der Waals surface area contributed by atoms with Crippen LogP contribution >= 0.6 is 0 Å². The molecule has 0 radical (unpaired) electrons. The van der Waals surface area contributed by atoms with Crippen molar-refractivity contribution < 1.29 is 0 Å². The highest BCUT2D eigenvalue weighted by molar-refractivity contribution is 6.09. The van der Waals surface area contributed by atoms with E-state index in [-0.39, 0.29) is 11.5 Å². The van der Waals surface area contributed by atoms with Crippen molar-refractivity contribution >= 4 is 38.8 Å². The Labute approximate surface area is 274 Å². The minimum absolute atomic E-state index is 0.113. The fourth-order valence-electron chi connectivity index (χ4n) is 7.87. The predicted molar refractivity (Wildman–Crippen MR) is 194 cm³/mol. The first-order chi connectivity index (χ1) is 23.1. The van der Waals surface area contributed by atoms with Gasteiger partial charge in [-0.1, -0.05) is 115 Å². The number of aromatic nitrogens is 1. The molecule has 2 unspecified atom stereocenters. The molecule has 0 spiro atoms. The number of rotatable bonds is 4. The van der Waals surface area contributed by atoms with Gasteiger partial charge in [0.15, 0.2) is 0 Å². The van der Waals surface area contributed by atoms with Gasteiger partial charge in [-0.2, -0.15) is 5.26 Å². The molecule has 1 aromatic heterocycles. The fourth-order valence-corrected chi connectivity index (χ4v) is 7.87. The summed E-state index contributed by atoms with van der Waals surface area (Å²) in [6.07, 6.45) is 7.07. The van der Waals surface area contributed by atoms with Crippen molar-refractivity contribution in [3.05, 3.63) is 181 Å². The molecule has 7 aromatic rings. The number of hydrogen-bond acceptors (Lipinski definition) is 2. The fraction of sp³-hybridized carbons (Fsp3) is 0.0682. The Kier molecular flexibility index (Phi) is 6.07. The molecule has 0 saturated heterocycles. The van der Waals surface area contributed by atoms with Crippen LogP contribution in [0.1, 0.15) is 23.6 Å². The van der Waals surface area contributed by atoms with Gasteiger partial charge in [-0.05, 0) is 77.7 Å². The summed E-state index contributed by atoms with van der Waals surface area (Å²) in [5.41, 5.74) is 11.9. The van der Waals surface area contributed by atoms with Crippen LogP contribution in [0.3, 0.4) is 0 Å². The van der Waals surface area contributed by atoms with E-state index in [9.17, 15) is 5.26 Å². The smallest absolute Gasteiger partial charge is 0.0998 e. The molecule has 1 aliphatic carbocycles. The topological polar surface area (TPSA) is 32.0 Å². The van der Waals surface area contributed by atoms with Crippen molar-refractivity contribution in [2.45, 2.75) is 18.4 Å². The molecule has 0 fully saturated rings. The number of allylic oxidation sites excluding steroid dienone is 2. The second kappa shape index (κ2) is 10.5. The molecule has 0 bridgehead atoms. The Morgan fingerprint density at radius 2 is 1.32 bits per heavy atom. The van der Waals surface area contributed by atoms with Gasteiger partial charge in [-0.25, -0.2) is 0 Å². The molecule has 47 heavy (non-hydrogen) atoms. The Morgan fingerprint density at radius 1 is 0.638 bits per heavy atom. The van der Waals surface area contributed by atoms with Gasteiger partial charge in [0.1, 0.15) is 0 Å². The van der Waals surface area contributed by atoms with Gasteiger partial charge in [0.05, 0.1) is 28.7 Å². The Hall–Kier alpha value is -6.11. The quantitative estimate of drug-likeness (QED) is 0.201. The number of nitriles is 1. The normalized spacial score (nSPS) is 18.2. The summed E-state index contributed by atoms with van der Waals surface area (Å²) in [6, 6.07) is 54.0. The van der Waals surface area contributed by atoms with Gasteiger partial charge in [0.25, 0.3) is 0 Å². The molecular formula is C44H31N3. The van der Waals surface area contributed by atoms with Crippen molar-refractivity contribution in [2.75, 3.05) is 4.90 Å². The van der Waals surface area contributed by atoms with E-state index in [0.29, 0.717) is 5.56 Å². The van der Waals surface area contributed by atoms with Crippen LogP contribution in [0.5, 0.6) is 0 Å². The molecule has 3 nitrogen and oxygen atoms in total. The van der Waals surface area contributed by atoms with Crippen molar-refractivity contribution in [1.82, 2.24) is 4.57 Å². The zero-order chi connectivity index (χ0) is 31.5. The lowest BCUT2D eigenvalue weighted by molar-refractivity contribution is 0.553. The summed E-state index contributed by atoms with van der Waals surface area (Å²) in [7, 11) is 0. The van der Waals surface area contributed by atoms with Gasteiger partial charge in [0, 0.05) is 38.8 Å². The second-order valence-corrected chi connectivity index (χ2v) is 12.7. The molecule has 2 aliphatic rings. The Balaban J connectivity index is 1.18. The molecular weight excluding hydrogens is 571 g/mol. The van der Waals surface area contributed by atoms with Gasteiger partial charge in [-0.3, -0.25) is 0 Å². The van der Waals surface area contributed by atoms with Crippen LogP contribution in [-0.2, 0) is 5.41 Å². The number of benzene rings is 6. The predicted octanol–water partition coefficient (Wildman–Crippen LogP) is 10.8. The number of anilines is 2. The summed E-state index contributed by atoms with van der Waals surface area (Å²) >= 11 is 0. The van der Waals surface area contributed by atoms with E-state index in [1.165, 1.54) is 33.2 Å². The summed E-state index contributed by atoms with van der Waals surface area (Å²) in [4.78, 5) is 2.47. The van der Waals surface area contributed by atoms with Crippen molar-refractivity contribution in [3.63, 3.8) is 0 Å². The van der Waals surface area contributed by atoms with Crippen molar-refractivity contribution in [1.29, 1.82) is 5.26 Å². The van der Waals surface area contributed by atoms with E-state index in [2.05, 4.69) is 180 Å². The average molecular weight is 602 g/mol. The lowest BCUT2D eigenvalue weighted by atomic mass is 9.73. The van der Waals surface area contributed by atoms with Crippen LogP contribution in [0.25, 0.3) is 44.2 Å². The largest absolute Gasteiger partial charge is 0.333 e. The third-order valence-electron chi connectivity index (χ3n) is 10.1. The monoisotopic (exact) mass is 601 g/mol. The zero-order valence-electron chi connectivity index (χ0n) is 26.0. The van der Waals surface area contributed by atoms with Crippen molar-refractivity contribution in [3.8, 4) is 22.9 Å². The molecule has 2 atom stereocenters. The maximum Gasteiger partial charge on any atom is 0.0998 e. The molecule has 0 saturated carbocycles. The maximum atomic E-state index is 10.3. The van der Waals surface area contributed by atoms with Crippen LogP contribution in [0.15, 0.2) is 164 Å². The molecule has 0 N–H and O–H groups in total. The highest BCUT2D eigenvalue weighted by Gasteiger charge is 2.47. The molecule has 9 rings (SSSR count). The SMILES string of the molecule is CC12C=C(c3ccccc3)C=CC1N(c1cccc(-c3cc(-n4c5ccccc5c5ccccc54)ccc3C#N)c1)c1ccccc12. The molecule has 1 aliphatic heterocycles. The highest BCUT2D eigenvalue weighted by Crippen LogP contribution is 2.53. The van der Waals surface area contributed by atoms with Gasteiger partial charge < -0.3 is 9.47 Å². The molecule has 3 heteroatoms. The van der Waals surface area contributed by atoms with E-state index in [1.807, 2.05) is 6.07 Å². The summed E-state index contributed by atoms with van der Waals surface area (Å²) < 4.78 is 2.31. The van der Waals surface area contributed by atoms with Gasteiger partial charge in [-0.15, -0.1) is 0 Å². The van der Waals surface area contributed by atoms with Crippen molar-refractivity contribution in [2.24, 2.45) is 0 Å². The molecule has 6 aromatic carbocycles. The van der Waals surface area contributed by atoms with E-state index in [1.54, 1.807) is 0 Å². The standard InChI is InChI=1S/C44H31N3/c1-44-28-32(30-12-3-2-4-13-30)23-25-43(44)47(42-21-10-7-18-39(42)44)34-15-11-14-31(26-34)38-27-35(24-22-33(38)29-45)46-40-19-8-5-16-36(40)37-17-6-9-20-41(37)46/h2-28,43H,1H3. The first kappa shape index (κ1) is 27.2. The van der Waals surface area contributed by atoms with Crippen LogP contribution < -0.4 is 4.90 Å². The third kappa shape index (κ3) is 4.12. The molecule has 222 valence electrons. The third-order valence-corrected chi connectivity index (χ3v) is 10.1. The minimum atomic E-state index is -0.208. The number of hydrogen-bond donors (Lipinski definition) is 0. The first-order valence-corrected chi connectivity index (χ1v) is 16.1. The summed E-state index contributed by atoms with van der Waals surface area (Å²) in [5, 5.41) is 12.7. The van der Waals surface area contributed by atoms with E-state index in [0.717, 1.165) is 33.5 Å². The second-order valence-electron chi connectivity index (χ2n) is 12.7. The van der Waals surface area contributed by atoms with Gasteiger partial charge in [0.2, 0.25) is 0 Å². The highest BCUT2D eigenvalue weighted by atomic mass is 15.2. The summed E-state index contributed by atoms with van der Waals surface area (Å²) in [6.45, 7) is 2.36. The Morgan fingerprint density at radius 3 is 2.09 bits per heavy atom. The lowest BCUT2D eigenvalue weighted by Crippen LogP contribution is -2.39. The van der Waals surface area contributed by atoms with Crippen LogP contribution in [0.2, 0.25) is 0 Å². The Bertz CT molecular complexity index is 2400. The maximum absolute atomic E-state index is 10.3. The summed E-state index contributed by atoms with van der Waals surface area (Å²) in [5.74, 6) is 0. The van der Waals surface area contributed by atoms with Crippen LogP contribution in [0, 0.1) is 11.3 Å². The van der Waals surface area contributed by atoms with E-state index in [4.69, 9.17) is 0 Å². The first-order valence-electron chi connectivity index (χ1n) is 16.1. The lowest BCUT2D eigenvalue weighted by Gasteiger charge is -2.36. The van der Waals surface area contributed by atoms with Crippen LogP contribution in [-0.4, -0.2) is 10.6 Å². The number of nitrogens with zero attached hydrogens (tertiary/aromatic N) is 3.